The molecule has 2 aromatic heterocycles. The number of aliphatic hydroxyl groups is 2. The van der Waals surface area contributed by atoms with Crippen molar-refractivity contribution in [2.24, 2.45) is 0 Å². The standard InChI is InChI=1S/C12H10O2S2/c13-8-11(14)12-6-5-10(16-12)4-3-9-2-1-7-15-9/h1-2,5-7,11,13-14H,8H2. The summed E-state index contributed by atoms with van der Waals surface area (Å²) < 4.78 is 0. The van der Waals surface area contributed by atoms with Crippen LogP contribution in [0.3, 0.4) is 0 Å². The van der Waals surface area contributed by atoms with Crippen molar-refractivity contribution in [3.63, 3.8) is 0 Å². The van der Waals surface area contributed by atoms with Crippen molar-refractivity contribution in [2.75, 3.05) is 6.61 Å². The third-order valence-electron chi connectivity index (χ3n) is 1.96. The fourth-order valence-electron chi connectivity index (χ4n) is 1.16. The van der Waals surface area contributed by atoms with Crippen molar-refractivity contribution in [2.45, 2.75) is 6.10 Å². The highest BCUT2D eigenvalue weighted by Gasteiger charge is 2.07. The van der Waals surface area contributed by atoms with Crippen molar-refractivity contribution < 1.29 is 10.2 Å². The highest BCUT2D eigenvalue weighted by Crippen LogP contribution is 2.22. The number of hydrogen-bond acceptors (Lipinski definition) is 4. The van der Waals surface area contributed by atoms with E-state index in [0.717, 1.165) is 14.6 Å². The lowest BCUT2D eigenvalue weighted by Crippen LogP contribution is -1.98. The van der Waals surface area contributed by atoms with Gasteiger partial charge in [-0.1, -0.05) is 6.07 Å². The second-order valence-corrected chi connectivity index (χ2v) is 5.19. The first-order valence-corrected chi connectivity index (χ1v) is 6.43. The third kappa shape index (κ3) is 2.71. The fourth-order valence-corrected chi connectivity index (χ4v) is 2.57. The Morgan fingerprint density at radius 1 is 1.19 bits per heavy atom. The average molecular weight is 250 g/mol. The SMILES string of the molecule is OCC(O)c1ccc(C#Cc2cccs2)s1. The normalized spacial score (nSPS) is 11.9. The van der Waals surface area contributed by atoms with Gasteiger partial charge in [-0.05, 0) is 35.4 Å². The second kappa shape index (κ2) is 5.28. The molecule has 16 heavy (non-hydrogen) atoms. The molecule has 0 aliphatic heterocycles. The lowest BCUT2D eigenvalue weighted by Gasteiger charge is -2.00. The Balaban J connectivity index is 2.14. The summed E-state index contributed by atoms with van der Waals surface area (Å²) in [6, 6.07) is 7.59. The van der Waals surface area contributed by atoms with Gasteiger partial charge in [-0.2, -0.15) is 0 Å². The quantitative estimate of drug-likeness (QED) is 0.802. The van der Waals surface area contributed by atoms with E-state index in [1.54, 1.807) is 17.4 Å². The van der Waals surface area contributed by atoms with E-state index in [1.807, 2.05) is 23.6 Å². The molecule has 0 fully saturated rings. The first kappa shape index (κ1) is 11.4. The molecular formula is C12H10O2S2. The van der Waals surface area contributed by atoms with Crippen LogP contribution in [0.2, 0.25) is 0 Å². The van der Waals surface area contributed by atoms with Gasteiger partial charge < -0.3 is 10.2 Å². The first-order chi connectivity index (χ1) is 7.79. The zero-order valence-electron chi connectivity index (χ0n) is 8.38. The zero-order chi connectivity index (χ0) is 11.4. The van der Waals surface area contributed by atoms with Gasteiger partial charge in [-0.15, -0.1) is 22.7 Å². The van der Waals surface area contributed by atoms with Crippen LogP contribution in [0.1, 0.15) is 20.7 Å². The molecule has 0 bridgehead atoms. The molecule has 0 amide bonds. The van der Waals surface area contributed by atoms with E-state index in [2.05, 4.69) is 11.8 Å². The van der Waals surface area contributed by atoms with Crippen molar-refractivity contribution in [1.82, 2.24) is 0 Å². The van der Waals surface area contributed by atoms with Crippen LogP contribution >= 0.6 is 22.7 Å². The number of rotatable bonds is 2. The van der Waals surface area contributed by atoms with Crippen LogP contribution in [0.25, 0.3) is 0 Å². The topological polar surface area (TPSA) is 40.5 Å². The summed E-state index contributed by atoms with van der Waals surface area (Å²) in [7, 11) is 0. The molecule has 0 spiro atoms. The first-order valence-electron chi connectivity index (χ1n) is 4.74. The van der Waals surface area contributed by atoms with E-state index >= 15 is 0 Å². The van der Waals surface area contributed by atoms with Crippen LogP contribution in [0.4, 0.5) is 0 Å². The van der Waals surface area contributed by atoms with E-state index in [1.165, 1.54) is 11.3 Å². The van der Waals surface area contributed by atoms with E-state index in [9.17, 15) is 5.11 Å². The molecule has 2 aromatic rings. The third-order valence-corrected chi connectivity index (χ3v) is 3.85. The van der Waals surface area contributed by atoms with E-state index in [-0.39, 0.29) is 6.61 Å². The largest absolute Gasteiger partial charge is 0.393 e. The predicted molar refractivity (Wildman–Crippen MR) is 66.7 cm³/mol. The van der Waals surface area contributed by atoms with Gasteiger partial charge in [-0.3, -0.25) is 0 Å². The van der Waals surface area contributed by atoms with Crippen LogP contribution in [-0.2, 0) is 0 Å². The summed E-state index contributed by atoms with van der Waals surface area (Å²) in [5.74, 6) is 6.08. The number of aliphatic hydroxyl groups excluding tert-OH is 2. The maximum Gasteiger partial charge on any atom is 0.111 e. The summed E-state index contributed by atoms with van der Waals surface area (Å²) in [4.78, 5) is 2.67. The molecule has 2 nitrogen and oxygen atoms in total. The monoisotopic (exact) mass is 250 g/mol. The maximum atomic E-state index is 9.41. The van der Waals surface area contributed by atoms with Crippen molar-refractivity contribution in [1.29, 1.82) is 0 Å². The Morgan fingerprint density at radius 3 is 2.69 bits per heavy atom. The summed E-state index contributed by atoms with van der Waals surface area (Å²) in [6.45, 7) is -0.252. The smallest absolute Gasteiger partial charge is 0.111 e. The van der Waals surface area contributed by atoms with Gasteiger partial charge in [0.15, 0.2) is 0 Å². The molecule has 0 saturated heterocycles. The molecule has 4 heteroatoms. The van der Waals surface area contributed by atoms with Gasteiger partial charge in [0.25, 0.3) is 0 Å². The molecule has 2 heterocycles. The molecule has 0 aliphatic carbocycles. The molecule has 82 valence electrons. The van der Waals surface area contributed by atoms with Crippen molar-refractivity contribution >= 4 is 22.7 Å². The Hall–Kier alpha value is -1.12. The van der Waals surface area contributed by atoms with Crippen LogP contribution in [0, 0.1) is 11.8 Å². The van der Waals surface area contributed by atoms with E-state index < -0.39 is 6.10 Å². The molecule has 1 unspecified atom stereocenters. The number of thiophene rings is 2. The van der Waals surface area contributed by atoms with Gasteiger partial charge in [0.2, 0.25) is 0 Å². The average Bonchev–Trinajstić information content (AvgIpc) is 2.96. The van der Waals surface area contributed by atoms with Crippen LogP contribution < -0.4 is 0 Å². The highest BCUT2D eigenvalue weighted by molar-refractivity contribution is 7.12. The van der Waals surface area contributed by atoms with E-state index in [4.69, 9.17) is 5.11 Å². The molecule has 2 N–H and O–H groups in total. The molecule has 0 aliphatic rings. The zero-order valence-corrected chi connectivity index (χ0v) is 10.0. The summed E-state index contributed by atoms with van der Waals surface area (Å²) >= 11 is 3.01. The Bertz CT molecular complexity index is 503. The van der Waals surface area contributed by atoms with Crippen molar-refractivity contribution in [3.05, 3.63) is 44.3 Å². The second-order valence-electron chi connectivity index (χ2n) is 3.13. The molecule has 2 rings (SSSR count). The predicted octanol–water partition coefficient (Wildman–Crippen LogP) is 2.24. The number of hydrogen-bond donors (Lipinski definition) is 2. The molecule has 0 saturated carbocycles. The molecule has 0 aromatic carbocycles. The fraction of sp³-hybridized carbons (Fsp3) is 0.167. The summed E-state index contributed by atoms with van der Waals surface area (Å²) in [6.07, 6.45) is -0.790. The van der Waals surface area contributed by atoms with Gasteiger partial charge in [0.1, 0.15) is 6.10 Å². The Kier molecular flexibility index (Phi) is 3.75. The van der Waals surface area contributed by atoms with E-state index in [0.29, 0.717) is 0 Å². The van der Waals surface area contributed by atoms with Crippen LogP contribution in [0.5, 0.6) is 0 Å². The lowest BCUT2D eigenvalue weighted by atomic mass is 10.3. The summed E-state index contributed by atoms with van der Waals surface area (Å²) in [5.41, 5.74) is 0. The van der Waals surface area contributed by atoms with Crippen LogP contribution in [-0.4, -0.2) is 16.8 Å². The van der Waals surface area contributed by atoms with Crippen molar-refractivity contribution in [3.8, 4) is 11.8 Å². The highest BCUT2D eigenvalue weighted by atomic mass is 32.1. The van der Waals surface area contributed by atoms with Gasteiger partial charge >= 0.3 is 0 Å². The lowest BCUT2D eigenvalue weighted by molar-refractivity contribution is 0.0984. The summed E-state index contributed by atoms with van der Waals surface area (Å²) in [5, 5.41) is 20.2. The molecule has 0 radical (unpaired) electrons. The Morgan fingerprint density at radius 2 is 2.00 bits per heavy atom. The molecule has 1 atom stereocenters. The molecular weight excluding hydrogens is 240 g/mol. The van der Waals surface area contributed by atoms with Crippen LogP contribution in [0.15, 0.2) is 29.6 Å². The minimum atomic E-state index is -0.790. The van der Waals surface area contributed by atoms with Gasteiger partial charge in [0.05, 0.1) is 16.4 Å². The Labute approximate surface area is 102 Å². The minimum Gasteiger partial charge on any atom is -0.393 e. The minimum absolute atomic E-state index is 0.252. The maximum absolute atomic E-state index is 9.41. The van der Waals surface area contributed by atoms with Gasteiger partial charge in [-0.25, -0.2) is 0 Å². The van der Waals surface area contributed by atoms with Gasteiger partial charge in [0, 0.05) is 4.88 Å².